The fourth-order valence-corrected chi connectivity index (χ4v) is 3.42. The van der Waals surface area contributed by atoms with Crippen molar-refractivity contribution < 1.29 is 26.3 Å². The molecule has 164 valence electrons. The highest BCUT2D eigenvalue weighted by atomic mass is 35.5. The van der Waals surface area contributed by atoms with Crippen LogP contribution in [0, 0.1) is 0 Å². The predicted octanol–water partition coefficient (Wildman–Crippen LogP) is 3.44. The van der Waals surface area contributed by atoms with Crippen LogP contribution in [0.15, 0.2) is 52.5 Å². The number of aromatic nitrogens is 3. The Morgan fingerprint density at radius 3 is 2.42 bits per heavy atom. The zero-order chi connectivity index (χ0) is 23.0. The van der Waals surface area contributed by atoms with Gasteiger partial charge in [-0.2, -0.15) is 13.2 Å². The highest BCUT2D eigenvalue weighted by molar-refractivity contribution is 7.90. The lowest BCUT2D eigenvalue weighted by Gasteiger charge is -2.12. The molecule has 12 heteroatoms. The van der Waals surface area contributed by atoms with Gasteiger partial charge in [0.05, 0.1) is 19.3 Å². The number of hydrogen-bond acceptors (Lipinski definition) is 6. The minimum absolute atomic E-state index is 0.0195. The molecule has 0 radical (unpaired) electrons. The first-order valence-corrected chi connectivity index (χ1v) is 10.8. The summed E-state index contributed by atoms with van der Waals surface area (Å²) in [6.07, 6.45) is -2.90. The van der Waals surface area contributed by atoms with Crippen LogP contribution in [0.2, 0.25) is 5.02 Å². The summed E-state index contributed by atoms with van der Waals surface area (Å²) in [5.74, 6) is 0.517. The maximum absolute atomic E-state index is 13.2. The maximum atomic E-state index is 13.2. The first kappa shape index (κ1) is 22.8. The van der Waals surface area contributed by atoms with Crippen LogP contribution in [-0.2, 0) is 22.6 Å². The number of nitrogens with zero attached hydrogens (tertiary/aromatic N) is 3. The molecule has 0 atom stereocenters. The molecule has 0 saturated heterocycles. The van der Waals surface area contributed by atoms with Gasteiger partial charge in [0.2, 0.25) is 15.0 Å². The van der Waals surface area contributed by atoms with E-state index in [0.29, 0.717) is 28.7 Å². The SMILES string of the molecule is COc1ccc(Cn2cc(-c3cc(C(F)(F)F)nc(S(C)(=O)=O)n3)ccc2=O)c(Cl)c1. The average Bonchev–Trinajstić information content (AvgIpc) is 2.69. The number of sulfone groups is 1. The van der Waals surface area contributed by atoms with Gasteiger partial charge < -0.3 is 9.30 Å². The average molecular weight is 474 g/mol. The van der Waals surface area contributed by atoms with Crippen molar-refractivity contribution in [1.82, 2.24) is 14.5 Å². The van der Waals surface area contributed by atoms with Crippen molar-refractivity contribution >= 4 is 21.4 Å². The first-order valence-electron chi connectivity index (χ1n) is 8.58. The molecule has 2 aromatic heterocycles. The van der Waals surface area contributed by atoms with Crippen LogP contribution in [-0.4, -0.2) is 36.3 Å². The molecule has 2 heterocycles. The molecular weight excluding hydrogens is 459 g/mol. The molecule has 0 unspecified atom stereocenters. The molecule has 7 nitrogen and oxygen atoms in total. The second-order valence-corrected chi connectivity index (χ2v) is 8.85. The molecule has 0 aliphatic rings. The van der Waals surface area contributed by atoms with E-state index in [1.807, 2.05) is 0 Å². The van der Waals surface area contributed by atoms with Gasteiger partial charge in [-0.25, -0.2) is 18.4 Å². The van der Waals surface area contributed by atoms with E-state index in [0.717, 1.165) is 6.07 Å². The van der Waals surface area contributed by atoms with Gasteiger partial charge in [-0.15, -0.1) is 0 Å². The van der Waals surface area contributed by atoms with Gasteiger partial charge >= 0.3 is 6.18 Å². The number of benzene rings is 1. The molecule has 0 spiro atoms. The lowest BCUT2D eigenvalue weighted by molar-refractivity contribution is -0.141. The molecule has 3 aromatic rings. The maximum Gasteiger partial charge on any atom is 0.433 e. The van der Waals surface area contributed by atoms with Gasteiger partial charge in [0.1, 0.15) is 11.4 Å². The molecule has 1 aromatic carbocycles. The summed E-state index contributed by atoms with van der Waals surface area (Å²) in [6, 6.07) is 7.87. The number of hydrogen-bond donors (Lipinski definition) is 0. The summed E-state index contributed by atoms with van der Waals surface area (Å²) in [4.78, 5) is 19.1. The number of halogens is 4. The predicted molar refractivity (Wildman–Crippen MR) is 107 cm³/mol. The Morgan fingerprint density at radius 1 is 1.13 bits per heavy atom. The Kier molecular flexibility index (Phi) is 6.10. The van der Waals surface area contributed by atoms with Gasteiger partial charge in [0.15, 0.2) is 0 Å². The molecule has 3 rings (SSSR count). The smallest absolute Gasteiger partial charge is 0.433 e. The van der Waals surface area contributed by atoms with Crippen LogP contribution >= 0.6 is 11.6 Å². The Balaban J connectivity index is 2.10. The van der Waals surface area contributed by atoms with Crippen molar-refractivity contribution in [3.8, 4) is 17.0 Å². The Bertz CT molecular complexity index is 1310. The fourth-order valence-electron chi connectivity index (χ4n) is 2.66. The molecule has 0 fully saturated rings. The topological polar surface area (TPSA) is 91.2 Å². The first-order chi connectivity index (χ1) is 14.4. The number of rotatable bonds is 5. The quantitative estimate of drug-likeness (QED) is 0.527. The number of ether oxygens (including phenoxy) is 1. The Morgan fingerprint density at radius 2 is 1.84 bits per heavy atom. The minimum Gasteiger partial charge on any atom is -0.497 e. The summed E-state index contributed by atoms with van der Waals surface area (Å²) in [6.45, 7) is 0.0195. The van der Waals surface area contributed by atoms with E-state index in [9.17, 15) is 26.4 Å². The highest BCUT2D eigenvalue weighted by Gasteiger charge is 2.35. The molecule has 31 heavy (non-hydrogen) atoms. The zero-order valence-electron chi connectivity index (χ0n) is 16.1. The standard InChI is InChI=1S/C19H15ClF3N3O4S/c1-30-13-5-3-11(14(20)7-13)9-26-10-12(4-6-17(26)27)15-8-16(19(21,22)23)25-18(24-15)31(2,28)29/h3-8,10H,9H2,1-2H3. The van der Waals surface area contributed by atoms with Crippen molar-refractivity contribution in [1.29, 1.82) is 0 Å². The van der Waals surface area contributed by atoms with E-state index in [-0.39, 0.29) is 17.8 Å². The normalized spacial score (nSPS) is 12.1. The van der Waals surface area contributed by atoms with Crippen LogP contribution in [0.1, 0.15) is 11.3 Å². The third-order valence-corrected chi connectivity index (χ3v) is 5.41. The number of alkyl halides is 3. The lowest BCUT2D eigenvalue weighted by Crippen LogP contribution is -2.20. The largest absolute Gasteiger partial charge is 0.497 e. The van der Waals surface area contributed by atoms with Crippen molar-refractivity contribution in [3.05, 3.63) is 69.2 Å². The van der Waals surface area contributed by atoms with E-state index in [4.69, 9.17) is 16.3 Å². The van der Waals surface area contributed by atoms with Gasteiger partial charge in [0.25, 0.3) is 5.56 Å². The van der Waals surface area contributed by atoms with E-state index in [1.165, 1.54) is 23.9 Å². The molecule has 0 aliphatic carbocycles. The van der Waals surface area contributed by atoms with E-state index in [2.05, 4.69) is 9.97 Å². The second kappa shape index (κ2) is 8.31. The molecule has 0 amide bonds. The van der Waals surface area contributed by atoms with Crippen LogP contribution in [0.25, 0.3) is 11.3 Å². The fraction of sp³-hybridized carbons (Fsp3) is 0.211. The van der Waals surface area contributed by atoms with Crippen molar-refractivity contribution in [3.63, 3.8) is 0 Å². The van der Waals surface area contributed by atoms with Crippen LogP contribution in [0.3, 0.4) is 0 Å². The molecular formula is C19H15ClF3N3O4S. The number of pyridine rings is 1. The van der Waals surface area contributed by atoms with Crippen molar-refractivity contribution in [2.75, 3.05) is 13.4 Å². The summed E-state index contributed by atoms with van der Waals surface area (Å²) >= 11 is 6.20. The van der Waals surface area contributed by atoms with Gasteiger partial charge in [-0.1, -0.05) is 17.7 Å². The molecule has 0 saturated carbocycles. The van der Waals surface area contributed by atoms with Crippen LogP contribution < -0.4 is 10.3 Å². The van der Waals surface area contributed by atoms with Gasteiger partial charge in [-0.05, 0) is 29.8 Å². The molecule has 0 aliphatic heterocycles. The third-order valence-electron chi connectivity index (χ3n) is 4.21. The second-order valence-electron chi connectivity index (χ2n) is 6.53. The summed E-state index contributed by atoms with van der Waals surface area (Å²) < 4.78 is 69.5. The number of methoxy groups -OCH3 is 1. The Labute approximate surface area is 180 Å². The highest BCUT2D eigenvalue weighted by Crippen LogP contribution is 2.31. The Hall–Kier alpha value is -2.92. The summed E-state index contributed by atoms with van der Waals surface area (Å²) in [5.41, 5.74) is -1.48. The summed E-state index contributed by atoms with van der Waals surface area (Å²) in [5, 5.41) is -0.634. The van der Waals surface area contributed by atoms with Crippen LogP contribution in [0.4, 0.5) is 13.2 Å². The van der Waals surface area contributed by atoms with Crippen LogP contribution in [0.5, 0.6) is 5.75 Å². The monoisotopic (exact) mass is 473 g/mol. The molecule has 0 N–H and O–H groups in total. The summed E-state index contributed by atoms with van der Waals surface area (Å²) in [7, 11) is -2.64. The van der Waals surface area contributed by atoms with Gasteiger partial charge in [-0.3, -0.25) is 4.79 Å². The third kappa shape index (κ3) is 5.23. The van der Waals surface area contributed by atoms with E-state index in [1.54, 1.807) is 18.2 Å². The lowest BCUT2D eigenvalue weighted by atomic mass is 10.1. The van der Waals surface area contributed by atoms with Crippen molar-refractivity contribution in [2.24, 2.45) is 0 Å². The van der Waals surface area contributed by atoms with Crippen molar-refractivity contribution in [2.45, 2.75) is 17.9 Å². The van der Waals surface area contributed by atoms with Gasteiger partial charge in [0, 0.05) is 29.1 Å². The van der Waals surface area contributed by atoms with E-state index < -0.39 is 32.4 Å². The van der Waals surface area contributed by atoms with E-state index >= 15 is 0 Å². The minimum atomic E-state index is -4.89. The zero-order valence-corrected chi connectivity index (χ0v) is 17.7. The molecule has 0 bridgehead atoms.